The lowest BCUT2D eigenvalue weighted by molar-refractivity contribution is -0.273. The van der Waals surface area contributed by atoms with Crippen LogP contribution in [0, 0.1) is 34.5 Å². The average Bonchev–Trinajstić information content (AvgIpc) is 2.86. The van der Waals surface area contributed by atoms with E-state index in [1.165, 1.54) is 44.9 Å². The molecule has 0 heterocycles. The molecule has 0 bridgehead atoms. The molecular weight excluding hydrogens is 336 g/mol. The molecule has 4 unspecified atom stereocenters. The highest BCUT2D eigenvalue weighted by molar-refractivity contribution is 5.14. The zero-order valence-electron chi connectivity index (χ0n) is 18.5. The van der Waals surface area contributed by atoms with Gasteiger partial charge in [-0.3, -0.25) is 0 Å². The Labute approximate surface area is 166 Å². The number of hydrogen-bond donors (Lipinski definition) is 1. The number of fused-ring (bicyclic) bond motifs is 5. The Bertz CT molecular complexity index is 558. The first kappa shape index (κ1) is 20.2. The molecule has 0 amide bonds. The lowest BCUT2D eigenvalue weighted by Crippen LogP contribution is -2.61. The second-order valence-corrected chi connectivity index (χ2v) is 11.7. The van der Waals surface area contributed by atoms with Crippen LogP contribution in [0.1, 0.15) is 92.4 Å². The molecule has 4 aliphatic rings. The van der Waals surface area contributed by atoms with Gasteiger partial charge in [-0.15, -0.1) is 0 Å². The summed E-state index contributed by atoms with van der Waals surface area (Å²) >= 11 is 0. The fourth-order valence-electron chi connectivity index (χ4n) is 8.36. The van der Waals surface area contributed by atoms with Crippen molar-refractivity contribution in [2.75, 3.05) is 7.11 Å². The van der Waals surface area contributed by atoms with Crippen LogP contribution in [0.3, 0.4) is 0 Å². The summed E-state index contributed by atoms with van der Waals surface area (Å²) < 4.78 is 12.6. The summed E-state index contributed by atoms with van der Waals surface area (Å²) in [5.74, 6) is 1.42. The Balaban J connectivity index is 1.77. The molecule has 0 aromatic carbocycles. The van der Waals surface area contributed by atoms with Crippen LogP contribution in [0.2, 0.25) is 0 Å². The van der Waals surface area contributed by atoms with Crippen molar-refractivity contribution in [2.24, 2.45) is 34.5 Å². The molecule has 4 fully saturated rings. The van der Waals surface area contributed by atoms with Gasteiger partial charge in [-0.05, 0) is 100 Å². The van der Waals surface area contributed by atoms with Crippen LogP contribution in [-0.4, -0.2) is 29.7 Å². The molecule has 0 aliphatic heterocycles. The number of hydrogen-bond acceptors (Lipinski definition) is 3. The molecule has 0 spiro atoms. The molecular formula is C24H42O3. The molecule has 4 saturated carbocycles. The van der Waals surface area contributed by atoms with Crippen molar-refractivity contribution >= 4 is 0 Å². The smallest absolute Gasteiger partial charge is 0.160 e. The van der Waals surface area contributed by atoms with Crippen LogP contribution in [0.25, 0.3) is 0 Å². The minimum atomic E-state index is -1.06. The van der Waals surface area contributed by atoms with Gasteiger partial charge >= 0.3 is 0 Å². The van der Waals surface area contributed by atoms with E-state index < -0.39 is 5.79 Å². The van der Waals surface area contributed by atoms with Crippen LogP contribution in [-0.2, 0) is 9.47 Å². The second-order valence-electron chi connectivity index (χ2n) is 11.7. The van der Waals surface area contributed by atoms with Crippen LogP contribution < -0.4 is 0 Å². The van der Waals surface area contributed by atoms with Crippen LogP contribution >= 0.6 is 0 Å². The summed E-state index contributed by atoms with van der Waals surface area (Å²) in [7, 11) is 1.91. The van der Waals surface area contributed by atoms with Gasteiger partial charge in [0.25, 0.3) is 0 Å². The lowest BCUT2D eigenvalue weighted by atomic mass is 9.43. The van der Waals surface area contributed by atoms with Gasteiger partial charge < -0.3 is 14.6 Å². The maximum Gasteiger partial charge on any atom is 0.160 e. The largest absolute Gasteiger partial charge is 0.378 e. The maximum atomic E-state index is 10.6. The van der Waals surface area contributed by atoms with E-state index in [1.807, 2.05) is 21.0 Å². The number of methoxy groups -OCH3 is 1. The molecule has 1 N–H and O–H groups in total. The van der Waals surface area contributed by atoms with E-state index in [1.54, 1.807) is 0 Å². The maximum absolute atomic E-state index is 10.6. The third-order valence-electron chi connectivity index (χ3n) is 9.63. The highest BCUT2D eigenvalue weighted by Crippen LogP contribution is 2.69. The Hall–Kier alpha value is -0.120. The number of ether oxygens (including phenoxy) is 2. The Morgan fingerprint density at radius 3 is 2.37 bits per heavy atom. The highest BCUT2D eigenvalue weighted by atomic mass is 16.6. The topological polar surface area (TPSA) is 38.7 Å². The molecule has 3 nitrogen and oxygen atoms in total. The van der Waals surface area contributed by atoms with Gasteiger partial charge in [0.15, 0.2) is 5.79 Å². The van der Waals surface area contributed by atoms with Crippen molar-refractivity contribution in [3.63, 3.8) is 0 Å². The SMILES string of the molecule is CO[C@]1(C)CC[C@@]2(C)CCC3C(C21)[C@@H](OC(C)(C)O)CC1CCCC[C@@]13C. The van der Waals surface area contributed by atoms with E-state index in [0.29, 0.717) is 28.6 Å². The summed E-state index contributed by atoms with van der Waals surface area (Å²) in [6.45, 7) is 11.1. The first-order valence-corrected chi connectivity index (χ1v) is 11.5. The fraction of sp³-hybridized carbons (Fsp3) is 1.00. The third-order valence-corrected chi connectivity index (χ3v) is 9.63. The lowest BCUT2D eigenvalue weighted by Gasteiger charge is -2.63. The molecule has 4 rings (SSSR count). The van der Waals surface area contributed by atoms with Crippen LogP contribution in [0.5, 0.6) is 0 Å². The molecule has 0 radical (unpaired) electrons. The van der Waals surface area contributed by atoms with Crippen molar-refractivity contribution in [3.8, 4) is 0 Å². The minimum absolute atomic E-state index is 0.0584. The van der Waals surface area contributed by atoms with Gasteiger partial charge in [-0.25, -0.2) is 0 Å². The van der Waals surface area contributed by atoms with Gasteiger partial charge in [-0.1, -0.05) is 26.7 Å². The van der Waals surface area contributed by atoms with E-state index in [2.05, 4.69) is 20.8 Å². The Kier molecular flexibility index (Phi) is 4.81. The summed E-state index contributed by atoms with van der Waals surface area (Å²) in [6, 6.07) is 0. The normalized spacial score (nSPS) is 52.8. The quantitative estimate of drug-likeness (QED) is 0.655. The molecule has 27 heavy (non-hydrogen) atoms. The van der Waals surface area contributed by atoms with Crippen molar-refractivity contribution in [2.45, 2.75) is 110 Å². The first-order chi connectivity index (χ1) is 12.5. The van der Waals surface area contributed by atoms with E-state index >= 15 is 0 Å². The molecule has 4 aliphatic carbocycles. The zero-order chi connectivity index (χ0) is 19.7. The van der Waals surface area contributed by atoms with Crippen LogP contribution in [0.15, 0.2) is 0 Å². The summed E-state index contributed by atoms with van der Waals surface area (Å²) in [6.07, 6.45) is 11.8. The third kappa shape index (κ3) is 3.11. The van der Waals surface area contributed by atoms with Gasteiger partial charge in [-0.2, -0.15) is 0 Å². The Morgan fingerprint density at radius 1 is 0.963 bits per heavy atom. The molecule has 3 heteroatoms. The molecule has 0 aromatic rings. The van der Waals surface area contributed by atoms with Crippen molar-refractivity contribution < 1.29 is 14.6 Å². The van der Waals surface area contributed by atoms with Crippen molar-refractivity contribution in [1.29, 1.82) is 0 Å². The van der Waals surface area contributed by atoms with Gasteiger partial charge in [0.1, 0.15) is 0 Å². The summed E-state index contributed by atoms with van der Waals surface area (Å²) in [4.78, 5) is 0. The van der Waals surface area contributed by atoms with Gasteiger partial charge in [0.2, 0.25) is 0 Å². The van der Waals surface area contributed by atoms with Crippen molar-refractivity contribution in [3.05, 3.63) is 0 Å². The number of rotatable bonds is 3. The van der Waals surface area contributed by atoms with E-state index in [4.69, 9.17) is 9.47 Å². The summed E-state index contributed by atoms with van der Waals surface area (Å²) in [5.41, 5.74) is 0.739. The molecule has 156 valence electrons. The van der Waals surface area contributed by atoms with E-state index in [0.717, 1.165) is 18.8 Å². The molecule has 0 aromatic heterocycles. The van der Waals surface area contributed by atoms with E-state index in [-0.39, 0.29) is 11.7 Å². The monoisotopic (exact) mass is 378 g/mol. The Morgan fingerprint density at radius 2 is 1.70 bits per heavy atom. The first-order valence-electron chi connectivity index (χ1n) is 11.5. The molecule has 0 saturated heterocycles. The van der Waals surface area contributed by atoms with Crippen LogP contribution in [0.4, 0.5) is 0 Å². The fourth-order valence-corrected chi connectivity index (χ4v) is 8.36. The van der Waals surface area contributed by atoms with Gasteiger partial charge in [0, 0.05) is 7.11 Å². The highest BCUT2D eigenvalue weighted by Gasteiger charge is 2.66. The zero-order valence-corrected chi connectivity index (χ0v) is 18.5. The van der Waals surface area contributed by atoms with Crippen molar-refractivity contribution in [1.82, 2.24) is 0 Å². The van der Waals surface area contributed by atoms with E-state index in [9.17, 15) is 5.11 Å². The van der Waals surface area contributed by atoms with Gasteiger partial charge in [0.05, 0.1) is 11.7 Å². The number of aliphatic hydroxyl groups is 1. The average molecular weight is 379 g/mol. The predicted molar refractivity (Wildman–Crippen MR) is 108 cm³/mol. The standard InChI is InChI=1S/C24H42O3/c1-21(2,25)27-18-15-16-9-7-8-11-23(16,4)17-10-12-22(3)13-14-24(5,26-6)20(22)19(17)18/h16-20,25H,7-15H2,1-6H3/t16?,17?,18-,19?,20?,22+,23-,24+/m0/s1. The second kappa shape index (κ2) is 6.44. The predicted octanol–water partition coefficient (Wildman–Crippen LogP) is 5.55. The minimum Gasteiger partial charge on any atom is -0.378 e. The summed E-state index contributed by atoms with van der Waals surface area (Å²) in [5, 5.41) is 10.6. The molecule has 8 atom stereocenters.